The van der Waals surface area contributed by atoms with E-state index in [9.17, 15) is 4.79 Å². The van der Waals surface area contributed by atoms with Crippen molar-refractivity contribution in [1.29, 1.82) is 0 Å². The molecule has 0 radical (unpaired) electrons. The molecule has 0 atom stereocenters. The van der Waals surface area contributed by atoms with Gasteiger partial charge in [0.05, 0.1) is 0 Å². The smallest absolute Gasteiger partial charge is 0.289 e. The van der Waals surface area contributed by atoms with Gasteiger partial charge in [0.15, 0.2) is 5.76 Å². The Bertz CT molecular complexity index is 1090. The second-order valence-electron chi connectivity index (χ2n) is 9.25. The van der Waals surface area contributed by atoms with E-state index in [0.717, 1.165) is 30.9 Å². The minimum Gasteiger partial charge on any atom is -0.485 e. The molecule has 2 heterocycles. The molecular weight excluding hydrogens is 412 g/mol. The number of ether oxygens (including phenoxy) is 1. The van der Waals surface area contributed by atoms with Crippen molar-refractivity contribution in [3.05, 3.63) is 88.4 Å². The van der Waals surface area contributed by atoms with E-state index in [1.807, 2.05) is 11.0 Å². The van der Waals surface area contributed by atoms with Crippen molar-refractivity contribution in [2.24, 2.45) is 0 Å². The molecule has 3 aromatic rings. The molecule has 5 heteroatoms. The molecule has 33 heavy (non-hydrogen) atoms. The van der Waals surface area contributed by atoms with E-state index in [0.29, 0.717) is 37.1 Å². The summed E-state index contributed by atoms with van der Waals surface area (Å²) in [6.07, 6.45) is 0. The second kappa shape index (κ2) is 10.3. The highest BCUT2D eigenvalue weighted by atomic mass is 16.5. The van der Waals surface area contributed by atoms with Crippen LogP contribution in [0.5, 0.6) is 5.75 Å². The number of furan rings is 1. The fourth-order valence-corrected chi connectivity index (χ4v) is 4.26. The van der Waals surface area contributed by atoms with Gasteiger partial charge >= 0.3 is 0 Å². The predicted octanol–water partition coefficient (Wildman–Crippen LogP) is 5.56. The Hall–Kier alpha value is -3.05. The molecule has 4 rings (SSSR count). The Morgan fingerprint density at radius 1 is 1.00 bits per heavy atom. The van der Waals surface area contributed by atoms with Gasteiger partial charge in [0, 0.05) is 32.7 Å². The highest BCUT2D eigenvalue weighted by Crippen LogP contribution is 2.28. The minimum atomic E-state index is -0.0461. The van der Waals surface area contributed by atoms with E-state index in [1.165, 1.54) is 16.7 Å². The lowest BCUT2D eigenvalue weighted by atomic mass is 10.0. The monoisotopic (exact) mass is 446 g/mol. The van der Waals surface area contributed by atoms with E-state index in [2.05, 4.69) is 75.1 Å². The quantitative estimate of drug-likeness (QED) is 0.477. The summed E-state index contributed by atoms with van der Waals surface area (Å²) in [5, 5.41) is 0. The molecule has 2 aromatic carbocycles. The number of piperazine rings is 1. The van der Waals surface area contributed by atoms with Gasteiger partial charge in [-0.25, -0.2) is 0 Å². The number of rotatable bonds is 7. The van der Waals surface area contributed by atoms with Crippen LogP contribution in [-0.2, 0) is 13.2 Å². The van der Waals surface area contributed by atoms with Crippen LogP contribution in [0, 0.1) is 13.8 Å². The molecule has 1 aliphatic rings. The second-order valence-corrected chi connectivity index (χ2v) is 9.25. The van der Waals surface area contributed by atoms with Crippen LogP contribution in [0.3, 0.4) is 0 Å². The normalized spacial score (nSPS) is 14.6. The summed E-state index contributed by atoms with van der Waals surface area (Å²) in [5.74, 6) is 2.25. The van der Waals surface area contributed by atoms with Crippen molar-refractivity contribution >= 4 is 5.91 Å². The van der Waals surface area contributed by atoms with E-state index in [4.69, 9.17) is 9.15 Å². The Balaban J connectivity index is 1.32. The van der Waals surface area contributed by atoms with Gasteiger partial charge in [0.2, 0.25) is 0 Å². The van der Waals surface area contributed by atoms with Crippen LogP contribution >= 0.6 is 0 Å². The maximum absolute atomic E-state index is 13.0. The molecule has 1 saturated heterocycles. The van der Waals surface area contributed by atoms with Crippen LogP contribution in [0.15, 0.2) is 59.0 Å². The van der Waals surface area contributed by atoms with Crippen LogP contribution in [0.25, 0.3) is 0 Å². The van der Waals surface area contributed by atoms with Crippen molar-refractivity contribution in [3.63, 3.8) is 0 Å². The molecule has 0 unspecified atom stereocenters. The molecule has 0 spiro atoms. The number of carbonyl (C=O) groups is 1. The number of hydrogen-bond acceptors (Lipinski definition) is 4. The Kier molecular flexibility index (Phi) is 7.19. The van der Waals surface area contributed by atoms with Crippen LogP contribution in [0.2, 0.25) is 0 Å². The van der Waals surface area contributed by atoms with Gasteiger partial charge in [-0.15, -0.1) is 0 Å². The zero-order chi connectivity index (χ0) is 23.4. The lowest BCUT2D eigenvalue weighted by Crippen LogP contribution is -2.48. The molecule has 0 saturated carbocycles. The van der Waals surface area contributed by atoms with Crippen molar-refractivity contribution < 1.29 is 13.9 Å². The van der Waals surface area contributed by atoms with E-state index >= 15 is 0 Å². The van der Waals surface area contributed by atoms with Crippen molar-refractivity contribution in [2.45, 2.75) is 46.8 Å². The molecular formula is C28H34N2O3. The highest BCUT2D eigenvalue weighted by molar-refractivity contribution is 5.91. The summed E-state index contributed by atoms with van der Waals surface area (Å²) in [6.45, 7) is 12.9. The third kappa shape index (κ3) is 5.66. The number of hydrogen-bond donors (Lipinski definition) is 0. The summed E-state index contributed by atoms with van der Waals surface area (Å²) < 4.78 is 11.9. The lowest BCUT2D eigenvalue weighted by molar-refractivity contribution is 0.0594. The Morgan fingerprint density at radius 3 is 2.48 bits per heavy atom. The third-order valence-corrected chi connectivity index (χ3v) is 6.35. The largest absolute Gasteiger partial charge is 0.485 e. The molecule has 1 aliphatic heterocycles. The van der Waals surface area contributed by atoms with Crippen molar-refractivity contribution in [3.8, 4) is 5.75 Å². The number of carbonyl (C=O) groups excluding carboxylic acids is 1. The number of aryl methyl sites for hydroxylation is 2. The molecule has 174 valence electrons. The zero-order valence-electron chi connectivity index (χ0n) is 20.1. The molecule has 1 amide bonds. The molecule has 1 aromatic heterocycles. The summed E-state index contributed by atoms with van der Waals surface area (Å²) in [5.41, 5.74) is 4.99. The topological polar surface area (TPSA) is 45.9 Å². The van der Waals surface area contributed by atoms with Crippen molar-refractivity contribution in [1.82, 2.24) is 9.80 Å². The van der Waals surface area contributed by atoms with E-state index in [1.54, 1.807) is 6.07 Å². The fourth-order valence-electron chi connectivity index (χ4n) is 4.26. The van der Waals surface area contributed by atoms with Gasteiger partial charge in [-0.1, -0.05) is 50.2 Å². The zero-order valence-corrected chi connectivity index (χ0v) is 20.1. The van der Waals surface area contributed by atoms with Crippen LogP contribution in [0.1, 0.15) is 58.3 Å². The predicted molar refractivity (Wildman–Crippen MR) is 131 cm³/mol. The third-order valence-electron chi connectivity index (χ3n) is 6.35. The summed E-state index contributed by atoms with van der Waals surface area (Å²) in [4.78, 5) is 17.3. The van der Waals surface area contributed by atoms with E-state index < -0.39 is 0 Å². The van der Waals surface area contributed by atoms with Crippen LogP contribution in [0.4, 0.5) is 0 Å². The Morgan fingerprint density at radius 2 is 1.76 bits per heavy atom. The van der Waals surface area contributed by atoms with Gasteiger partial charge in [0.25, 0.3) is 5.91 Å². The van der Waals surface area contributed by atoms with Crippen molar-refractivity contribution in [2.75, 3.05) is 26.2 Å². The molecule has 1 fully saturated rings. The first kappa shape index (κ1) is 23.1. The molecule has 5 nitrogen and oxygen atoms in total. The summed E-state index contributed by atoms with van der Waals surface area (Å²) >= 11 is 0. The SMILES string of the molecule is Cc1ccc(C(C)C)c(OCc2ccc(C(=O)N3CCN(Cc4ccccc4C)CC3)o2)c1. The van der Waals surface area contributed by atoms with Gasteiger partial charge in [-0.3, -0.25) is 9.69 Å². The average molecular weight is 447 g/mol. The van der Waals surface area contributed by atoms with Crippen LogP contribution in [-0.4, -0.2) is 41.9 Å². The fraction of sp³-hybridized carbons (Fsp3) is 0.393. The first-order chi connectivity index (χ1) is 15.9. The minimum absolute atomic E-state index is 0.0461. The van der Waals surface area contributed by atoms with Gasteiger partial charge in [0.1, 0.15) is 18.1 Å². The van der Waals surface area contributed by atoms with Gasteiger partial charge in [-0.05, 0) is 60.2 Å². The van der Waals surface area contributed by atoms with Crippen LogP contribution < -0.4 is 4.74 Å². The maximum Gasteiger partial charge on any atom is 0.289 e. The lowest BCUT2D eigenvalue weighted by Gasteiger charge is -2.34. The highest BCUT2D eigenvalue weighted by Gasteiger charge is 2.24. The first-order valence-corrected chi connectivity index (χ1v) is 11.8. The maximum atomic E-state index is 13.0. The Labute approximate surface area is 197 Å². The van der Waals surface area contributed by atoms with Gasteiger partial charge < -0.3 is 14.1 Å². The number of amides is 1. The van der Waals surface area contributed by atoms with Gasteiger partial charge in [-0.2, -0.15) is 0 Å². The standard InChI is InChI=1S/C28H34N2O3/c1-20(2)25-11-9-21(3)17-27(25)32-19-24-10-12-26(33-24)28(31)30-15-13-29(14-16-30)18-23-8-6-5-7-22(23)4/h5-12,17,20H,13-16,18-19H2,1-4H3. The number of benzene rings is 2. The first-order valence-electron chi connectivity index (χ1n) is 11.8. The summed E-state index contributed by atoms with van der Waals surface area (Å²) in [7, 11) is 0. The molecule has 0 bridgehead atoms. The average Bonchev–Trinajstić information content (AvgIpc) is 3.28. The summed E-state index contributed by atoms with van der Waals surface area (Å²) in [6, 6.07) is 18.4. The molecule has 0 N–H and O–H groups in total. The van der Waals surface area contributed by atoms with E-state index in [-0.39, 0.29) is 5.91 Å². The molecule has 0 aliphatic carbocycles. The number of nitrogens with zero attached hydrogens (tertiary/aromatic N) is 2.